The van der Waals surface area contributed by atoms with Gasteiger partial charge in [0.25, 0.3) is 5.91 Å². The summed E-state index contributed by atoms with van der Waals surface area (Å²) in [7, 11) is 0. The fourth-order valence-electron chi connectivity index (χ4n) is 2.82. The van der Waals surface area contributed by atoms with Crippen LogP contribution < -0.4 is 15.7 Å². The summed E-state index contributed by atoms with van der Waals surface area (Å²) in [4.78, 5) is 28.1. The zero-order valence-electron chi connectivity index (χ0n) is 13.3. The van der Waals surface area contributed by atoms with Gasteiger partial charge in [0.1, 0.15) is 5.75 Å². The number of para-hydroxylation sites is 1. The summed E-state index contributed by atoms with van der Waals surface area (Å²) < 4.78 is 7.10. The van der Waals surface area contributed by atoms with Crippen LogP contribution in [0.15, 0.2) is 29.1 Å². The van der Waals surface area contributed by atoms with E-state index in [2.05, 4.69) is 10.3 Å². The number of hydrogen-bond acceptors (Lipinski definition) is 4. The number of hydrogen-bond donors (Lipinski definition) is 1. The second-order valence-electron chi connectivity index (χ2n) is 5.62. The minimum absolute atomic E-state index is 0.186. The first-order valence-electron chi connectivity index (χ1n) is 7.64. The first-order valence-corrected chi connectivity index (χ1v) is 7.64. The molecule has 0 unspecified atom stereocenters. The molecule has 0 saturated carbocycles. The largest absolute Gasteiger partial charge is 0.492 e. The quantitative estimate of drug-likeness (QED) is 0.921. The second kappa shape index (κ2) is 6.24. The molecular weight excluding hydrogens is 294 g/mol. The molecular formula is C17H19N3O3. The van der Waals surface area contributed by atoms with Crippen molar-refractivity contribution in [3.63, 3.8) is 0 Å². The summed E-state index contributed by atoms with van der Waals surface area (Å²) in [5.74, 6) is 0.491. The maximum atomic E-state index is 12.3. The summed E-state index contributed by atoms with van der Waals surface area (Å²) in [6.45, 7) is 5.00. The van der Waals surface area contributed by atoms with E-state index in [0.29, 0.717) is 36.7 Å². The summed E-state index contributed by atoms with van der Waals surface area (Å²) in [5, 5.41) is 2.84. The fourth-order valence-corrected chi connectivity index (χ4v) is 2.82. The van der Waals surface area contributed by atoms with Gasteiger partial charge in [-0.2, -0.15) is 4.98 Å². The monoisotopic (exact) mass is 313 g/mol. The minimum atomic E-state index is -0.291. The zero-order valence-corrected chi connectivity index (χ0v) is 13.3. The summed E-state index contributed by atoms with van der Waals surface area (Å²) in [6.07, 6.45) is 0.833. The SMILES string of the molecule is Cc1cc(C)n(CCNC(=O)c2cccc3c2OCC3)c(=O)n1. The van der Waals surface area contributed by atoms with E-state index in [-0.39, 0.29) is 11.6 Å². The van der Waals surface area contributed by atoms with Crippen LogP contribution in [0.2, 0.25) is 0 Å². The second-order valence-corrected chi connectivity index (χ2v) is 5.62. The first kappa shape index (κ1) is 15.3. The van der Waals surface area contributed by atoms with E-state index in [1.807, 2.05) is 25.1 Å². The number of carbonyl (C=O) groups is 1. The van der Waals surface area contributed by atoms with E-state index in [9.17, 15) is 9.59 Å². The Balaban J connectivity index is 1.67. The molecule has 3 rings (SSSR count). The normalized spacial score (nSPS) is 12.6. The van der Waals surface area contributed by atoms with Crippen LogP contribution in [-0.4, -0.2) is 28.6 Å². The van der Waals surface area contributed by atoms with Crippen LogP contribution in [-0.2, 0) is 13.0 Å². The van der Waals surface area contributed by atoms with E-state index >= 15 is 0 Å². The molecule has 1 aromatic carbocycles. The third kappa shape index (κ3) is 3.11. The predicted molar refractivity (Wildman–Crippen MR) is 85.9 cm³/mol. The van der Waals surface area contributed by atoms with Gasteiger partial charge in [-0.3, -0.25) is 9.36 Å². The molecule has 1 aliphatic rings. The summed E-state index contributed by atoms with van der Waals surface area (Å²) >= 11 is 0. The minimum Gasteiger partial charge on any atom is -0.492 e. The van der Waals surface area contributed by atoms with Crippen molar-refractivity contribution in [2.24, 2.45) is 0 Å². The molecule has 1 aliphatic heterocycles. The Labute approximate surface area is 134 Å². The molecule has 2 aromatic rings. The smallest absolute Gasteiger partial charge is 0.348 e. The molecule has 0 saturated heterocycles. The molecule has 0 radical (unpaired) electrons. The number of aryl methyl sites for hydroxylation is 2. The van der Waals surface area contributed by atoms with Crippen LogP contribution in [0.4, 0.5) is 0 Å². The van der Waals surface area contributed by atoms with Gasteiger partial charge in [0.15, 0.2) is 0 Å². The van der Waals surface area contributed by atoms with Crippen LogP contribution in [0.5, 0.6) is 5.75 Å². The van der Waals surface area contributed by atoms with Gasteiger partial charge in [0.05, 0.1) is 12.2 Å². The highest BCUT2D eigenvalue weighted by Gasteiger charge is 2.20. The van der Waals surface area contributed by atoms with Gasteiger partial charge >= 0.3 is 5.69 Å². The molecule has 23 heavy (non-hydrogen) atoms. The number of ether oxygens (including phenoxy) is 1. The molecule has 2 heterocycles. The Morgan fingerprint density at radius 3 is 3.00 bits per heavy atom. The molecule has 6 nitrogen and oxygen atoms in total. The lowest BCUT2D eigenvalue weighted by atomic mass is 10.1. The van der Waals surface area contributed by atoms with E-state index < -0.39 is 0 Å². The highest BCUT2D eigenvalue weighted by Crippen LogP contribution is 2.29. The van der Waals surface area contributed by atoms with Gasteiger partial charge in [-0.05, 0) is 31.5 Å². The Bertz CT molecular complexity index is 811. The maximum absolute atomic E-state index is 12.3. The predicted octanol–water partition coefficient (Wildman–Crippen LogP) is 1.23. The number of rotatable bonds is 4. The van der Waals surface area contributed by atoms with E-state index in [0.717, 1.165) is 17.7 Å². The van der Waals surface area contributed by atoms with Crippen molar-refractivity contribution in [3.8, 4) is 5.75 Å². The lowest BCUT2D eigenvalue weighted by Crippen LogP contribution is -2.33. The van der Waals surface area contributed by atoms with E-state index in [1.165, 1.54) is 0 Å². The number of fused-ring (bicyclic) bond motifs is 1. The van der Waals surface area contributed by atoms with Gasteiger partial charge in [-0.25, -0.2) is 4.79 Å². The van der Waals surface area contributed by atoms with Crippen molar-refractivity contribution in [1.29, 1.82) is 0 Å². The zero-order chi connectivity index (χ0) is 16.4. The topological polar surface area (TPSA) is 73.2 Å². The Morgan fingerprint density at radius 2 is 2.22 bits per heavy atom. The van der Waals surface area contributed by atoms with Gasteiger partial charge in [0.2, 0.25) is 0 Å². The first-order chi connectivity index (χ1) is 11.1. The molecule has 0 fully saturated rings. The van der Waals surface area contributed by atoms with Crippen molar-refractivity contribution in [2.45, 2.75) is 26.8 Å². The van der Waals surface area contributed by atoms with Gasteiger partial charge in [0, 0.05) is 30.9 Å². The molecule has 1 N–H and O–H groups in total. The van der Waals surface area contributed by atoms with Crippen LogP contribution >= 0.6 is 0 Å². The van der Waals surface area contributed by atoms with E-state index in [1.54, 1.807) is 17.6 Å². The van der Waals surface area contributed by atoms with E-state index in [4.69, 9.17) is 4.74 Å². The van der Waals surface area contributed by atoms with Crippen molar-refractivity contribution >= 4 is 5.91 Å². The summed E-state index contributed by atoms with van der Waals surface area (Å²) in [6, 6.07) is 7.44. The van der Waals surface area contributed by atoms with Crippen LogP contribution in [0.3, 0.4) is 0 Å². The van der Waals surface area contributed by atoms with Crippen LogP contribution in [0.1, 0.15) is 27.3 Å². The molecule has 6 heteroatoms. The fraction of sp³-hybridized carbons (Fsp3) is 0.353. The lowest BCUT2D eigenvalue weighted by molar-refractivity contribution is 0.0949. The number of aromatic nitrogens is 2. The number of nitrogens with one attached hydrogen (secondary N) is 1. The highest BCUT2D eigenvalue weighted by atomic mass is 16.5. The van der Waals surface area contributed by atoms with Gasteiger partial charge in [-0.15, -0.1) is 0 Å². The van der Waals surface area contributed by atoms with Gasteiger partial charge in [-0.1, -0.05) is 12.1 Å². The average molecular weight is 313 g/mol. The third-order valence-corrected chi connectivity index (χ3v) is 3.93. The summed E-state index contributed by atoms with van der Waals surface area (Å²) in [5.41, 5.74) is 2.85. The molecule has 0 atom stereocenters. The number of nitrogens with zero attached hydrogens (tertiary/aromatic N) is 2. The van der Waals surface area contributed by atoms with Crippen molar-refractivity contribution in [3.05, 3.63) is 57.3 Å². The standard InChI is InChI=1S/C17H19N3O3/c1-11-10-12(2)20(17(22)19-11)8-7-18-16(21)14-5-3-4-13-6-9-23-15(13)14/h3-5,10H,6-9H2,1-2H3,(H,18,21). The molecule has 0 bridgehead atoms. The van der Waals surface area contributed by atoms with Crippen molar-refractivity contribution < 1.29 is 9.53 Å². The number of amides is 1. The van der Waals surface area contributed by atoms with Crippen LogP contribution in [0, 0.1) is 13.8 Å². The van der Waals surface area contributed by atoms with Gasteiger partial charge < -0.3 is 10.1 Å². The van der Waals surface area contributed by atoms with Crippen LogP contribution in [0.25, 0.3) is 0 Å². The lowest BCUT2D eigenvalue weighted by Gasteiger charge is -2.12. The molecule has 0 spiro atoms. The molecule has 1 aromatic heterocycles. The Hall–Kier alpha value is -2.63. The van der Waals surface area contributed by atoms with Crippen molar-refractivity contribution in [2.75, 3.05) is 13.2 Å². The number of carbonyl (C=O) groups excluding carboxylic acids is 1. The molecule has 1 amide bonds. The molecule has 120 valence electrons. The van der Waals surface area contributed by atoms with Crippen molar-refractivity contribution in [1.82, 2.24) is 14.9 Å². The Morgan fingerprint density at radius 1 is 1.39 bits per heavy atom. The Kier molecular flexibility index (Phi) is 4.14. The average Bonchev–Trinajstić information content (AvgIpc) is 2.98. The maximum Gasteiger partial charge on any atom is 0.348 e. The number of benzene rings is 1. The highest BCUT2D eigenvalue weighted by molar-refractivity contribution is 5.97. The third-order valence-electron chi connectivity index (χ3n) is 3.93. The molecule has 0 aliphatic carbocycles.